The van der Waals surface area contributed by atoms with Crippen molar-refractivity contribution in [1.29, 1.82) is 0 Å². The zero-order valence-electron chi connectivity index (χ0n) is 18.7. The van der Waals surface area contributed by atoms with Gasteiger partial charge in [0.2, 0.25) is 0 Å². The summed E-state index contributed by atoms with van der Waals surface area (Å²) in [4.78, 5) is 58.3. The number of hydrogen-bond donors (Lipinski definition) is 12. The van der Waals surface area contributed by atoms with Gasteiger partial charge in [-0.2, -0.15) is 0 Å². The van der Waals surface area contributed by atoms with E-state index in [4.69, 9.17) is 40.4 Å². The van der Waals surface area contributed by atoms with Gasteiger partial charge in [-0.3, -0.25) is 28.0 Å². The molecule has 0 aliphatic rings. The zero-order chi connectivity index (χ0) is 29.6. The predicted octanol–water partition coefficient (Wildman–Crippen LogP) is -6.93. The number of carbonyl (C=O) groups excluding carboxylic acids is 3. The number of carbonyl (C=O) groups is 3. The van der Waals surface area contributed by atoms with E-state index in [0.717, 1.165) is 0 Å². The van der Waals surface area contributed by atoms with Crippen LogP contribution in [0, 0.1) is 0 Å². The van der Waals surface area contributed by atoms with Crippen LogP contribution in [0.1, 0.15) is 0 Å². The summed E-state index contributed by atoms with van der Waals surface area (Å²) in [5, 5.41) is 79.7. The zero-order valence-corrected chi connectivity index (χ0v) is 20.5. The molecule has 0 fully saturated rings. The number of aliphatic hydroxyl groups excluding tert-OH is 9. The molecule has 0 aliphatic heterocycles. The molecule has 1 unspecified atom stereocenters. The molecular formula is C15H30O20P2. The van der Waals surface area contributed by atoms with E-state index in [-0.39, 0.29) is 0 Å². The van der Waals surface area contributed by atoms with Gasteiger partial charge in [0.15, 0.2) is 17.3 Å². The highest BCUT2D eigenvalue weighted by Crippen LogP contribution is 2.43. The van der Waals surface area contributed by atoms with Crippen molar-refractivity contribution < 1.29 is 97.7 Å². The van der Waals surface area contributed by atoms with E-state index in [1.54, 1.807) is 0 Å². The summed E-state index contributed by atoms with van der Waals surface area (Å²) in [6.07, 6.45) is -11.5. The number of aliphatic hydroxyl groups is 9. The summed E-state index contributed by atoms with van der Waals surface area (Å²) < 4.78 is 33.8. The van der Waals surface area contributed by atoms with Crippen LogP contribution in [0.4, 0.5) is 0 Å². The maximum Gasteiger partial charge on any atom is 0.472 e. The Morgan fingerprint density at radius 2 is 0.973 bits per heavy atom. The van der Waals surface area contributed by atoms with Crippen LogP contribution >= 0.6 is 15.6 Å². The van der Waals surface area contributed by atoms with Crippen molar-refractivity contribution in [3.05, 3.63) is 0 Å². The molecule has 37 heavy (non-hydrogen) atoms. The summed E-state index contributed by atoms with van der Waals surface area (Å²) in [6, 6.07) is 0. The third kappa shape index (κ3) is 17.1. The van der Waals surface area contributed by atoms with E-state index in [2.05, 4.69) is 13.6 Å². The average Bonchev–Trinajstić information content (AvgIpc) is 2.85. The molecule has 220 valence electrons. The Balaban J connectivity index is 0. The number of phosphoric acid groups is 2. The Kier molecular flexibility index (Phi) is 18.7. The molecule has 0 saturated carbocycles. The van der Waals surface area contributed by atoms with E-state index < -0.39 is 109 Å². The molecule has 0 saturated heterocycles. The molecular weight excluding hydrogens is 562 g/mol. The van der Waals surface area contributed by atoms with Gasteiger partial charge in [-0.15, -0.1) is 0 Å². The van der Waals surface area contributed by atoms with Crippen molar-refractivity contribution in [2.24, 2.45) is 0 Å². The maximum absolute atomic E-state index is 11.4. The minimum atomic E-state index is -4.88. The van der Waals surface area contributed by atoms with E-state index in [1.165, 1.54) is 0 Å². The molecule has 0 radical (unpaired) electrons. The van der Waals surface area contributed by atoms with Gasteiger partial charge in [-0.05, 0) is 0 Å². The van der Waals surface area contributed by atoms with Gasteiger partial charge in [0, 0.05) is 0 Å². The van der Waals surface area contributed by atoms with E-state index in [9.17, 15) is 43.7 Å². The van der Waals surface area contributed by atoms with E-state index >= 15 is 0 Å². The van der Waals surface area contributed by atoms with Crippen LogP contribution in [-0.4, -0.2) is 154 Å². The molecule has 0 bridgehead atoms. The monoisotopic (exact) mass is 592 g/mol. The molecule has 0 aromatic heterocycles. The summed E-state index contributed by atoms with van der Waals surface area (Å²) in [5.41, 5.74) is 0. The topological polar surface area (TPSA) is 356 Å². The molecule has 7 atom stereocenters. The van der Waals surface area contributed by atoms with Gasteiger partial charge in [0.1, 0.15) is 56.4 Å². The Hall–Kier alpha value is -1.13. The quantitative estimate of drug-likeness (QED) is 0.0657. The normalized spacial score (nSPS) is 18.3. The Labute approximate surface area is 207 Å². The smallest absolute Gasteiger partial charge is 0.394 e. The number of rotatable bonds is 18. The summed E-state index contributed by atoms with van der Waals surface area (Å²) in [7, 11) is -9.62. The molecule has 0 aliphatic carbocycles. The molecule has 12 N–H and O–H groups in total. The molecule has 0 rings (SSSR count). The number of Topliss-reactive ketones (excluding diaryl/α,β-unsaturated/α-hetero) is 3. The first kappa shape index (κ1) is 38.0. The Bertz CT molecular complexity index is 799. The fourth-order valence-corrected chi connectivity index (χ4v) is 2.78. The third-order valence-electron chi connectivity index (χ3n) is 3.77. The van der Waals surface area contributed by atoms with Crippen molar-refractivity contribution in [3.63, 3.8) is 0 Å². The van der Waals surface area contributed by atoms with Crippen molar-refractivity contribution in [3.8, 4) is 0 Å². The molecule has 0 heterocycles. The number of phosphoric ester groups is 2. The standard InChI is InChI=1S/C10H19O12P.C5H11O8P/c11-1-5(13)9(17)7(15)3-21-23(19,20)22-4-8(16)10(18)6(14)2-12;6-1-3(7)5(9)4(8)2-13-14(10,11)12/h5,8-13,16-18H,1-4H2,(H,19,20);4-6,8-9H,1-2H2,(H2,10,11,12)/t5-,8-,9+,10-;4-,5-/m11/s1. The summed E-state index contributed by atoms with van der Waals surface area (Å²) in [6.45, 7) is -6.06. The van der Waals surface area contributed by atoms with Crippen LogP contribution < -0.4 is 0 Å². The fraction of sp³-hybridized carbons (Fsp3) is 0.800. The minimum absolute atomic E-state index is 0.906. The highest BCUT2D eigenvalue weighted by molar-refractivity contribution is 7.47. The minimum Gasteiger partial charge on any atom is -0.394 e. The molecule has 22 heteroatoms. The molecule has 0 aromatic rings. The first-order chi connectivity index (χ1) is 16.8. The van der Waals surface area contributed by atoms with Gasteiger partial charge in [-0.1, -0.05) is 0 Å². The van der Waals surface area contributed by atoms with Gasteiger partial charge >= 0.3 is 15.6 Å². The molecule has 20 nitrogen and oxygen atoms in total. The first-order valence-electron chi connectivity index (χ1n) is 9.64. The van der Waals surface area contributed by atoms with Crippen LogP contribution in [0.25, 0.3) is 0 Å². The van der Waals surface area contributed by atoms with Gasteiger partial charge in [0.25, 0.3) is 0 Å². The van der Waals surface area contributed by atoms with Crippen LogP contribution in [0.15, 0.2) is 0 Å². The lowest BCUT2D eigenvalue weighted by atomic mass is 10.1. The largest absolute Gasteiger partial charge is 0.472 e. The van der Waals surface area contributed by atoms with Crippen LogP contribution in [0.3, 0.4) is 0 Å². The van der Waals surface area contributed by atoms with Gasteiger partial charge in [-0.25, -0.2) is 9.13 Å². The van der Waals surface area contributed by atoms with Crippen molar-refractivity contribution in [1.82, 2.24) is 0 Å². The van der Waals surface area contributed by atoms with Crippen LogP contribution in [0.2, 0.25) is 0 Å². The summed E-state index contributed by atoms with van der Waals surface area (Å²) >= 11 is 0. The average molecular weight is 592 g/mol. The summed E-state index contributed by atoms with van der Waals surface area (Å²) in [5.74, 6) is -3.43. The van der Waals surface area contributed by atoms with Gasteiger partial charge in [0.05, 0.1) is 19.8 Å². The molecule has 0 aromatic carbocycles. The van der Waals surface area contributed by atoms with E-state index in [1.807, 2.05) is 0 Å². The second kappa shape index (κ2) is 18.2. The lowest BCUT2D eigenvalue weighted by Crippen LogP contribution is -2.39. The van der Waals surface area contributed by atoms with Crippen LogP contribution in [-0.2, 0) is 37.1 Å². The Morgan fingerprint density at radius 1 is 0.595 bits per heavy atom. The molecule has 0 spiro atoms. The SMILES string of the molecule is O=C(CO)[C@@H](O)[C@H](O)COP(=O)(O)O.O=C(COP(=O)(O)OC[C@@H](O)[C@H](O)C(=O)CO)[C@@H](O)[C@H](O)CO. The predicted molar refractivity (Wildman–Crippen MR) is 112 cm³/mol. The van der Waals surface area contributed by atoms with E-state index in [0.29, 0.717) is 0 Å². The third-order valence-corrected chi connectivity index (χ3v) is 5.19. The highest BCUT2D eigenvalue weighted by atomic mass is 31.2. The Morgan fingerprint density at radius 3 is 1.32 bits per heavy atom. The highest BCUT2D eigenvalue weighted by Gasteiger charge is 2.31. The number of hydrogen-bond acceptors (Lipinski definition) is 17. The first-order valence-corrected chi connectivity index (χ1v) is 12.7. The molecule has 0 amide bonds. The second-order valence-corrected chi connectivity index (χ2v) is 9.45. The lowest BCUT2D eigenvalue weighted by molar-refractivity contribution is -0.138. The van der Waals surface area contributed by atoms with Gasteiger partial charge < -0.3 is 60.6 Å². The number of ketones is 3. The van der Waals surface area contributed by atoms with Crippen molar-refractivity contribution in [2.75, 3.05) is 39.6 Å². The van der Waals surface area contributed by atoms with Crippen LogP contribution in [0.5, 0.6) is 0 Å². The maximum atomic E-state index is 11.4. The van der Waals surface area contributed by atoms with Crippen molar-refractivity contribution in [2.45, 2.75) is 36.6 Å². The fourth-order valence-electron chi connectivity index (χ4n) is 1.72. The lowest BCUT2D eigenvalue weighted by Gasteiger charge is -2.19. The second-order valence-electron chi connectivity index (χ2n) is 6.76. The van der Waals surface area contributed by atoms with Crippen molar-refractivity contribution >= 4 is 33.0 Å².